The molecule has 4 heterocycles. The van der Waals surface area contributed by atoms with Crippen LogP contribution in [0.2, 0.25) is 0 Å². The molecule has 0 spiro atoms. The molecule has 0 radical (unpaired) electrons. The molecule has 22 heavy (non-hydrogen) atoms. The molecular formula is C13H14N6O3. The molecule has 1 saturated heterocycles. The SMILES string of the molecule is OCC1OC(n2cnc3c(-n4ccnc4)ncnc32)CC1O. The van der Waals surface area contributed by atoms with Gasteiger partial charge in [-0.15, -0.1) is 0 Å². The van der Waals surface area contributed by atoms with E-state index in [2.05, 4.69) is 19.9 Å². The molecule has 9 nitrogen and oxygen atoms in total. The molecule has 0 aromatic carbocycles. The summed E-state index contributed by atoms with van der Waals surface area (Å²) in [5.74, 6) is 0.624. The van der Waals surface area contributed by atoms with Crippen molar-refractivity contribution < 1.29 is 14.9 Å². The number of aliphatic hydroxyl groups is 2. The first-order chi connectivity index (χ1) is 10.8. The molecule has 114 valence electrons. The second kappa shape index (κ2) is 5.13. The number of ether oxygens (including phenoxy) is 1. The molecule has 1 aliphatic rings. The van der Waals surface area contributed by atoms with Crippen molar-refractivity contribution >= 4 is 11.2 Å². The first-order valence-corrected chi connectivity index (χ1v) is 6.88. The van der Waals surface area contributed by atoms with Gasteiger partial charge in [-0.1, -0.05) is 0 Å². The lowest BCUT2D eigenvalue weighted by molar-refractivity contribution is -0.0432. The van der Waals surface area contributed by atoms with Crippen LogP contribution in [0.1, 0.15) is 12.6 Å². The van der Waals surface area contributed by atoms with E-state index in [1.807, 2.05) is 0 Å². The van der Waals surface area contributed by atoms with Crippen molar-refractivity contribution in [2.75, 3.05) is 6.61 Å². The maximum atomic E-state index is 9.87. The largest absolute Gasteiger partial charge is 0.394 e. The molecule has 2 N–H and O–H groups in total. The zero-order chi connectivity index (χ0) is 15.1. The Labute approximate surface area is 124 Å². The Morgan fingerprint density at radius 2 is 2.18 bits per heavy atom. The fourth-order valence-electron chi connectivity index (χ4n) is 2.67. The van der Waals surface area contributed by atoms with Gasteiger partial charge in [-0.25, -0.2) is 19.9 Å². The molecule has 9 heteroatoms. The molecule has 3 aromatic heterocycles. The molecular weight excluding hydrogens is 288 g/mol. The maximum Gasteiger partial charge on any atom is 0.169 e. The number of hydrogen-bond donors (Lipinski definition) is 2. The summed E-state index contributed by atoms with van der Waals surface area (Å²) in [6.45, 7) is -0.223. The summed E-state index contributed by atoms with van der Waals surface area (Å²) in [5.41, 5.74) is 1.22. The van der Waals surface area contributed by atoms with Gasteiger partial charge in [-0.3, -0.25) is 9.13 Å². The van der Waals surface area contributed by atoms with Crippen LogP contribution in [0.15, 0.2) is 31.4 Å². The van der Waals surface area contributed by atoms with Gasteiger partial charge in [0.15, 0.2) is 17.0 Å². The zero-order valence-electron chi connectivity index (χ0n) is 11.5. The topological polar surface area (TPSA) is 111 Å². The van der Waals surface area contributed by atoms with E-state index in [0.29, 0.717) is 23.4 Å². The van der Waals surface area contributed by atoms with Gasteiger partial charge in [-0.05, 0) is 0 Å². The van der Waals surface area contributed by atoms with Crippen LogP contribution >= 0.6 is 0 Å². The normalized spacial score (nSPS) is 25.1. The van der Waals surface area contributed by atoms with Crippen LogP contribution in [-0.4, -0.2) is 58.1 Å². The second-order valence-corrected chi connectivity index (χ2v) is 5.11. The van der Waals surface area contributed by atoms with E-state index in [9.17, 15) is 10.2 Å². The minimum atomic E-state index is -0.706. The Morgan fingerprint density at radius 1 is 1.27 bits per heavy atom. The number of aromatic nitrogens is 6. The lowest BCUT2D eigenvalue weighted by atomic mass is 10.2. The second-order valence-electron chi connectivity index (χ2n) is 5.11. The van der Waals surface area contributed by atoms with Gasteiger partial charge >= 0.3 is 0 Å². The first kappa shape index (κ1) is 13.3. The Bertz CT molecular complexity index is 786. The van der Waals surface area contributed by atoms with Gasteiger partial charge in [-0.2, -0.15) is 0 Å². The van der Waals surface area contributed by atoms with Gasteiger partial charge in [0.25, 0.3) is 0 Å². The van der Waals surface area contributed by atoms with Crippen molar-refractivity contribution in [2.45, 2.75) is 24.9 Å². The molecule has 3 atom stereocenters. The minimum absolute atomic E-state index is 0.223. The van der Waals surface area contributed by atoms with Gasteiger partial charge in [0.1, 0.15) is 25.0 Å². The highest BCUT2D eigenvalue weighted by Crippen LogP contribution is 2.31. The summed E-state index contributed by atoms with van der Waals surface area (Å²) in [4.78, 5) is 16.9. The third-order valence-electron chi connectivity index (χ3n) is 3.78. The van der Waals surface area contributed by atoms with Gasteiger partial charge in [0, 0.05) is 18.8 Å². The van der Waals surface area contributed by atoms with Gasteiger partial charge in [0.05, 0.1) is 19.0 Å². The Hall–Kier alpha value is -2.36. The lowest BCUT2D eigenvalue weighted by Gasteiger charge is -2.13. The van der Waals surface area contributed by atoms with Crippen LogP contribution in [0, 0.1) is 0 Å². The summed E-state index contributed by atoms with van der Waals surface area (Å²) in [7, 11) is 0. The third kappa shape index (κ3) is 1.98. The van der Waals surface area contributed by atoms with Crippen molar-refractivity contribution in [3.8, 4) is 5.82 Å². The molecule has 0 aliphatic carbocycles. The van der Waals surface area contributed by atoms with Crippen molar-refractivity contribution in [3.63, 3.8) is 0 Å². The Kier molecular flexibility index (Phi) is 3.10. The predicted molar refractivity (Wildman–Crippen MR) is 74.1 cm³/mol. The van der Waals surface area contributed by atoms with Crippen molar-refractivity contribution in [3.05, 3.63) is 31.4 Å². The quantitative estimate of drug-likeness (QED) is 0.680. The fourth-order valence-corrected chi connectivity index (χ4v) is 2.67. The fraction of sp³-hybridized carbons (Fsp3) is 0.385. The summed E-state index contributed by atoms with van der Waals surface area (Å²) < 4.78 is 9.15. The van der Waals surface area contributed by atoms with Crippen LogP contribution < -0.4 is 0 Å². The van der Waals surface area contributed by atoms with E-state index >= 15 is 0 Å². The summed E-state index contributed by atoms with van der Waals surface area (Å²) in [6.07, 6.45) is 6.80. The van der Waals surface area contributed by atoms with E-state index < -0.39 is 18.4 Å². The van der Waals surface area contributed by atoms with Gasteiger partial charge < -0.3 is 14.9 Å². The molecule has 3 unspecified atom stereocenters. The highest BCUT2D eigenvalue weighted by Gasteiger charge is 2.35. The van der Waals surface area contributed by atoms with E-state index in [1.165, 1.54) is 6.33 Å². The molecule has 1 fully saturated rings. The number of fused-ring (bicyclic) bond motifs is 1. The number of hydrogen-bond acceptors (Lipinski definition) is 7. The Balaban J connectivity index is 1.77. The molecule has 3 aromatic rings. The van der Waals surface area contributed by atoms with Crippen LogP contribution in [0.4, 0.5) is 0 Å². The van der Waals surface area contributed by atoms with Crippen LogP contribution in [0.25, 0.3) is 17.0 Å². The molecule has 1 aliphatic heterocycles. The number of rotatable bonds is 3. The summed E-state index contributed by atoms with van der Waals surface area (Å²) in [5, 5.41) is 19.1. The summed E-state index contributed by atoms with van der Waals surface area (Å²) >= 11 is 0. The molecule has 4 rings (SSSR count). The van der Waals surface area contributed by atoms with Gasteiger partial charge in [0.2, 0.25) is 0 Å². The standard InChI is InChI=1S/C13H14N6O3/c20-4-9-8(21)3-10(22-9)19-7-17-11-12(15-5-16-13(11)19)18-2-1-14-6-18/h1-2,5-10,20-21H,3-4H2. The van der Waals surface area contributed by atoms with Crippen molar-refractivity contribution in [1.82, 2.24) is 29.1 Å². The molecule has 0 bridgehead atoms. The predicted octanol–water partition coefficient (Wildman–Crippen LogP) is -0.347. The monoisotopic (exact) mass is 302 g/mol. The van der Waals surface area contributed by atoms with Crippen molar-refractivity contribution in [1.29, 1.82) is 0 Å². The van der Waals surface area contributed by atoms with Crippen molar-refractivity contribution in [2.24, 2.45) is 0 Å². The third-order valence-corrected chi connectivity index (χ3v) is 3.78. The van der Waals surface area contributed by atoms with E-state index in [0.717, 1.165) is 0 Å². The maximum absolute atomic E-state index is 9.87. The van der Waals surface area contributed by atoms with E-state index in [1.54, 1.807) is 34.2 Å². The van der Waals surface area contributed by atoms with E-state index in [4.69, 9.17) is 4.74 Å². The average molecular weight is 302 g/mol. The molecule has 0 saturated carbocycles. The lowest BCUT2D eigenvalue weighted by Crippen LogP contribution is -2.24. The van der Waals surface area contributed by atoms with Crippen LogP contribution in [0.3, 0.4) is 0 Å². The Morgan fingerprint density at radius 3 is 2.91 bits per heavy atom. The van der Waals surface area contributed by atoms with E-state index in [-0.39, 0.29) is 6.61 Å². The highest BCUT2D eigenvalue weighted by atomic mass is 16.5. The van der Waals surface area contributed by atoms with Crippen LogP contribution in [-0.2, 0) is 4.74 Å². The minimum Gasteiger partial charge on any atom is -0.394 e. The summed E-state index contributed by atoms with van der Waals surface area (Å²) in [6, 6.07) is 0. The average Bonchev–Trinajstić information content (AvgIpc) is 3.25. The number of nitrogens with zero attached hydrogens (tertiary/aromatic N) is 6. The van der Waals surface area contributed by atoms with Crippen LogP contribution in [0.5, 0.6) is 0 Å². The number of imidazole rings is 2. The highest BCUT2D eigenvalue weighted by molar-refractivity contribution is 5.78. The molecule has 0 amide bonds. The number of aliphatic hydroxyl groups excluding tert-OH is 2. The zero-order valence-corrected chi connectivity index (χ0v) is 11.5. The smallest absolute Gasteiger partial charge is 0.169 e. The first-order valence-electron chi connectivity index (χ1n) is 6.88.